The van der Waals surface area contributed by atoms with Gasteiger partial charge in [0, 0.05) is 17.5 Å². The third-order valence-electron chi connectivity index (χ3n) is 2.04. The molecule has 1 saturated heterocycles. The number of alkyl halides is 1. The van der Waals surface area contributed by atoms with Crippen LogP contribution < -0.4 is 5.32 Å². The van der Waals surface area contributed by atoms with Crippen molar-refractivity contribution in [2.24, 2.45) is 0 Å². The fourth-order valence-corrected chi connectivity index (χ4v) is 1.97. The molecular weight excluding hydrogens is 251 g/mol. The van der Waals surface area contributed by atoms with Crippen LogP contribution in [0.3, 0.4) is 0 Å². The summed E-state index contributed by atoms with van der Waals surface area (Å²) in [5, 5.41) is 3.47. The Morgan fingerprint density at radius 2 is 2.64 bits per heavy atom. The number of halogens is 1. The van der Waals surface area contributed by atoms with Gasteiger partial charge in [0.25, 0.3) is 0 Å². The van der Waals surface area contributed by atoms with E-state index in [0.717, 1.165) is 6.54 Å². The number of hydrogen-bond acceptors (Lipinski definition) is 2. The van der Waals surface area contributed by atoms with Gasteiger partial charge in [0.15, 0.2) is 0 Å². The van der Waals surface area contributed by atoms with Crippen LogP contribution in [-0.2, 0) is 0 Å². The second-order valence-corrected chi connectivity index (χ2v) is 3.76. The molecule has 0 aliphatic carbocycles. The Balaban J connectivity index is 2.09. The minimum Gasteiger partial charge on any atom is -0.366 e. The van der Waals surface area contributed by atoms with E-state index in [-0.39, 0.29) is 0 Å². The van der Waals surface area contributed by atoms with Crippen LogP contribution in [0.25, 0.3) is 0 Å². The minimum absolute atomic E-state index is 0.654. The summed E-state index contributed by atoms with van der Waals surface area (Å²) in [5.41, 5.74) is 0. The molecule has 1 unspecified atom stereocenters. The fraction of sp³-hybridized carbons (Fsp3) is 0.500. The maximum absolute atomic E-state index is 3.47. The molecule has 2 nitrogen and oxygen atoms in total. The standard InChI is InChI=1S/C8H11IN2/c9-5-7-6-11-4-2-1-3-8(11)10-7/h1-3,7,10H,4-6H2. The molecule has 0 aromatic rings. The van der Waals surface area contributed by atoms with E-state index in [9.17, 15) is 0 Å². The van der Waals surface area contributed by atoms with Gasteiger partial charge in [-0.3, -0.25) is 0 Å². The summed E-state index contributed by atoms with van der Waals surface area (Å²) < 4.78 is 1.19. The van der Waals surface area contributed by atoms with Gasteiger partial charge in [0.2, 0.25) is 0 Å². The van der Waals surface area contributed by atoms with E-state index in [2.05, 4.69) is 51.0 Å². The largest absolute Gasteiger partial charge is 0.366 e. The first kappa shape index (κ1) is 7.46. The van der Waals surface area contributed by atoms with Gasteiger partial charge in [-0.1, -0.05) is 34.7 Å². The predicted molar refractivity (Wildman–Crippen MR) is 54.6 cm³/mol. The lowest BCUT2D eigenvalue weighted by molar-refractivity contribution is 0.424. The second-order valence-electron chi connectivity index (χ2n) is 2.88. The van der Waals surface area contributed by atoms with Crippen LogP contribution in [0.2, 0.25) is 0 Å². The summed E-state index contributed by atoms with van der Waals surface area (Å²) in [6, 6.07) is 0.654. The Bertz CT molecular complexity index is 210. The van der Waals surface area contributed by atoms with Crippen molar-refractivity contribution in [2.75, 3.05) is 17.5 Å². The zero-order chi connectivity index (χ0) is 7.68. The first-order valence-electron chi connectivity index (χ1n) is 3.84. The molecule has 0 bridgehead atoms. The maximum Gasteiger partial charge on any atom is 0.102 e. The molecular formula is C8H11IN2. The van der Waals surface area contributed by atoms with Gasteiger partial charge in [-0.2, -0.15) is 0 Å². The van der Waals surface area contributed by atoms with E-state index in [1.165, 1.54) is 16.8 Å². The Morgan fingerprint density at radius 1 is 1.73 bits per heavy atom. The Hall–Kier alpha value is -0.190. The van der Waals surface area contributed by atoms with Gasteiger partial charge in [-0.05, 0) is 6.08 Å². The van der Waals surface area contributed by atoms with Crippen LogP contribution in [0.1, 0.15) is 0 Å². The smallest absolute Gasteiger partial charge is 0.102 e. The molecule has 60 valence electrons. The number of hydrogen-bond donors (Lipinski definition) is 1. The lowest BCUT2D eigenvalue weighted by Crippen LogP contribution is -2.24. The van der Waals surface area contributed by atoms with Gasteiger partial charge in [0.05, 0.1) is 6.04 Å². The zero-order valence-electron chi connectivity index (χ0n) is 6.26. The first-order chi connectivity index (χ1) is 5.40. The van der Waals surface area contributed by atoms with Crippen molar-refractivity contribution in [3.05, 3.63) is 24.0 Å². The average molecular weight is 262 g/mol. The van der Waals surface area contributed by atoms with Gasteiger partial charge in [-0.25, -0.2) is 0 Å². The number of allylic oxidation sites excluding steroid dienone is 2. The third-order valence-corrected chi connectivity index (χ3v) is 3.10. The number of nitrogens with one attached hydrogen (secondary N) is 1. The molecule has 1 fully saturated rings. The molecule has 0 aromatic carbocycles. The number of fused-ring (bicyclic) bond motifs is 1. The van der Waals surface area contributed by atoms with Gasteiger partial charge < -0.3 is 10.2 Å². The zero-order valence-corrected chi connectivity index (χ0v) is 8.41. The first-order valence-corrected chi connectivity index (χ1v) is 5.37. The summed E-state index contributed by atoms with van der Waals surface area (Å²) in [7, 11) is 0. The lowest BCUT2D eigenvalue weighted by atomic mass is 10.3. The van der Waals surface area contributed by atoms with Crippen LogP contribution in [0, 0.1) is 0 Å². The Kier molecular flexibility index (Phi) is 2.07. The van der Waals surface area contributed by atoms with Crippen molar-refractivity contribution in [1.82, 2.24) is 10.2 Å². The summed E-state index contributed by atoms with van der Waals surface area (Å²) in [6.45, 7) is 2.24. The van der Waals surface area contributed by atoms with Crippen LogP contribution in [0.15, 0.2) is 24.0 Å². The minimum atomic E-state index is 0.654. The molecule has 0 radical (unpaired) electrons. The summed E-state index contributed by atoms with van der Waals surface area (Å²) in [5.74, 6) is 1.30. The van der Waals surface area contributed by atoms with E-state index in [1.807, 2.05) is 0 Å². The molecule has 2 aliphatic heterocycles. The monoisotopic (exact) mass is 262 g/mol. The van der Waals surface area contributed by atoms with Crippen molar-refractivity contribution in [1.29, 1.82) is 0 Å². The molecule has 2 rings (SSSR count). The van der Waals surface area contributed by atoms with E-state index in [1.54, 1.807) is 0 Å². The highest BCUT2D eigenvalue weighted by Crippen LogP contribution is 2.16. The molecule has 2 heterocycles. The molecule has 0 saturated carbocycles. The Morgan fingerprint density at radius 3 is 3.36 bits per heavy atom. The summed E-state index contributed by atoms with van der Waals surface area (Å²) in [6.07, 6.45) is 6.46. The highest BCUT2D eigenvalue weighted by molar-refractivity contribution is 14.1. The van der Waals surface area contributed by atoms with Crippen molar-refractivity contribution in [3.8, 4) is 0 Å². The van der Waals surface area contributed by atoms with Gasteiger partial charge >= 0.3 is 0 Å². The van der Waals surface area contributed by atoms with Crippen LogP contribution in [-0.4, -0.2) is 28.5 Å². The molecule has 3 heteroatoms. The molecule has 11 heavy (non-hydrogen) atoms. The van der Waals surface area contributed by atoms with Gasteiger partial charge in [-0.15, -0.1) is 0 Å². The predicted octanol–water partition coefficient (Wildman–Crippen LogP) is 1.11. The van der Waals surface area contributed by atoms with Crippen molar-refractivity contribution in [3.63, 3.8) is 0 Å². The summed E-state index contributed by atoms with van der Waals surface area (Å²) in [4.78, 5) is 2.38. The van der Waals surface area contributed by atoms with Crippen LogP contribution >= 0.6 is 22.6 Å². The van der Waals surface area contributed by atoms with E-state index >= 15 is 0 Å². The number of rotatable bonds is 1. The van der Waals surface area contributed by atoms with Crippen molar-refractivity contribution >= 4 is 22.6 Å². The highest BCUT2D eigenvalue weighted by Gasteiger charge is 2.23. The molecule has 1 N–H and O–H groups in total. The summed E-state index contributed by atoms with van der Waals surface area (Å²) >= 11 is 2.43. The van der Waals surface area contributed by atoms with Crippen molar-refractivity contribution < 1.29 is 0 Å². The molecule has 0 spiro atoms. The molecule has 0 amide bonds. The molecule has 2 aliphatic rings. The lowest BCUT2D eigenvalue weighted by Gasteiger charge is -2.18. The third kappa shape index (κ3) is 1.38. The van der Waals surface area contributed by atoms with Crippen LogP contribution in [0.4, 0.5) is 0 Å². The number of nitrogens with zero attached hydrogens (tertiary/aromatic N) is 1. The molecule has 0 aromatic heterocycles. The second kappa shape index (κ2) is 3.05. The van der Waals surface area contributed by atoms with Crippen LogP contribution in [0.5, 0.6) is 0 Å². The Labute approximate surface area is 80.5 Å². The quantitative estimate of drug-likeness (QED) is 0.562. The highest BCUT2D eigenvalue weighted by atomic mass is 127. The van der Waals surface area contributed by atoms with E-state index in [0.29, 0.717) is 6.04 Å². The normalized spacial score (nSPS) is 27.9. The van der Waals surface area contributed by atoms with Crippen molar-refractivity contribution in [2.45, 2.75) is 6.04 Å². The topological polar surface area (TPSA) is 15.3 Å². The van der Waals surface area contributed by atoms with Gasteiger partial charge in [0.1, 0.15) is 5.82 Å². The average Bonchev–Trinajstić information content (AvgIpc) is 2.46. The molecule has 1 atom stereocenters. The van der Waals surface area contributed by atoms with E-state index in [4.69, 9.17) is 0 Å². The fourth-order valence-electron chi connectivity index (χ4n) is 1.47. The maximum atomic E-state index is 3.47. The SMILES string of the molecule is ICC1CN2CC=CC=C2N1. The van der Waals surface area contributed by atoms with E-state index < -0.39 is 0 Å².